The smallest absolute Gasteiger partial charge is 0.312 e. The van der Waals surface area contributed by atoms with Gasteiger partial charge in [-0.15, -0.1) is 0 Å². The highest BCUT2D eigenvalue weighted by molar-refractivity contribution is 9.10. The molecule has 0 amide bonds. The minimum Gasteiger partial charge on any atom is -0.459 e. The Balaban J connectivity index is 1.36. The van der Waals surface area contributed by atoms with Crippen molar-refractivity contribution >= 4 is 43.5 Å². The molecule has 0 radical (unpaired) electrons. The zero-order chi connectivity index (χ0) is 18.8. The summed E-state index contributed by atoms with van der Waals surface area (Å²) in [7, 11) is 0. The van der Waals surface area contributed by atoms with Gasteiger partial charge in [0.2, 0.25) is 0 Å². The summed E-state index contributed by atoms with van der Waals surface area (Å²) in [5, 5.41) is 0. The van der Waals surface area contributed by atoms with Crippen LogP contribution in [0.15, 0.2) is 33.7 Å². The van der Waals surface area contributed by atoms with Crippen LogP contribution in [-0.2, 0) is 16.1 Å². The molecule has 0 aromatic carbocycles. The van der Waals surface area contributed by atoms with Crippen molar-refractivity contribution in [2.75, 3.05) is 0 Å². The second-order valence-electron chi connectivity index (χ2n) is 8.63. The van der Waals surface area contributed by atoms with Gasteiger partial charge in [-0.1, -0.05) is 15.9 Å². The van der Waals surface area contributed by atoms with Gasteiger partial charge < -0.3 is 4.74 Å². The van der Waals surface area contributed by atoms with Crippen LogP contribution in [0.2, 0.25) is 0 Å². The maximum atomic E-state index is 13.0. The van der Waals surface area contributed by atoms with Gasteiger partial charge in [0, 0.05) is 21.1 Å². The van der Waals surface area contributed by atoms with Gasteiger partial charge in [-0.3, -0.25) is 14.0 Å². The number of hydrogen-bond donors (Lipinski definition) is 0. The van der Waals surface area contributed by atoms with Crippen molar-refractivity contribution in [3.05, 3.63) is 44.9 Å². The van der Waals surface area contributed by atoms with Crippen molar-refractivity contribution in [1.29, 1.82) is 0 Å². The van der Waals surface area contributed by atoms with Crippen LogP contribution in [0.3, 0.4) is 0 Å². The van der Waals surface area contributed by atoms with E-state index in [2.05, 4.69) is 36.8 Å². The van der Waals surface area contributed by atoms with Crippen LogP contribution >= 0.6 is 31.9 Å². The van der Waals surface area contributed by atoms with Crippen LogP contribution in [0, 0.1) is 17.3 Å². The highest BCUT2D eigenvalue weighted by atomic mass is 79.9. The van der Waals surface area contributed by atoms with Gasteiger partial charge in [0.15, 0.2) is 0 Å². The number of nitrogens with zero attached hydrogens (tertiary/aromatic N) is 2. The second kappa shape index (κ2) is 6.14. The summed E-state index contributed by atoms with van der Waals surface area (Å²) >= 11 is 7.29. The monoisotopic (exact) mass is 494 g/mol. The zero-order valence-corrected chi connectivity index (χ0v) is 18.0. The molecule has 142 valence electrons. The van der Waals surface area contributed by atoms with Gasteiger partial charge in [0.05, 0.1) is 11.1 Å². The van der Waals surface area contributed by atoms with Crippen molar-refractivity contribution in [3.63, 3.8) is 0 Å². The molecule has 4 aliphatic rings. The average molecular weight is 496 g/mol. The maximum absolute atomic E-state index is 13.0. The molecule has 4 atom stereocenters. The quantitative estimate of drug-likeness (QED) is 0.472. The molecule has 2 unspecified atom stereocenters. The van der Waals surface area contributed by atoms with E-state index in [0.717, 1.165) is 23.7 Å². The molecular formula is C20H20Br2N2O3. The molecule has 4 fully saturated rings. The normalized spacial score (nSPS) is 34.1. The Morgan fingerprint density at radius 1 is 1.26 bits per heavy atom. The van der Waals surface area contributed by atoms with Crippen LogP contribution in [0.1, 0.15) is 44.2 Å². The third-order valence-electron chi connectivity index (χ3n) is 6.45. The summed E-state index contributed by atoms with van der Waals surface area (Å²) in [6.07, 6.45) is 8.04. The number of carbonyl (C=O) groups is 1. The van der Waals surface area contributed by atoms with E-state index in [4.69, 9.17) is 4.74 Å². The molecule has 27 heavy (non-hydrogen) atoms. The summed E-state index contributed by atoms with van der Waals surface area (Å²) < 4.78 is 8.10. The number of fused-ring (bicyclic) bond motifs is 1. The Kier molecular flexibility index (Phi) is 4.06. The lowest BCUT2D eigenvalue weighted by Gasteiger charge is -2.58. The molecule has 7 heteroatoms. The number of carbonyl (C=O) groups excluding carboxylic acids is 1. The SMILES string of the molecule is O=C(OCc1cc(=O)n2cc(Br)ccc2n1)C12C[C@@H]3C[C@@H](CC(Br)(C3)C1)C2. The molecule has 2 aromatic rings. The molecule has 6 rings (SSSR count). The summed E-state index contributed by atoms with van der Waals surface area (Å²) in [6, 6.07) is 5.05. The van der Waals surface area contributed by atoms with Crippen LogP contribution in [0.4, 0.5) is 0 Å². The van der Waals surface area contributed by atoms with Crippen LogP contribution in [-0.4, -0.2) is 19.7 Å². The summed E-state index contributed by atoms with van der Waals surface area (Å²) in [5.41, 5.74) is 0.506. The molecule has 2 aromatic heterocycles. The largest absolute Gasteiger partial charge is 0.459 e. The number of rotatable bonds is 3. The predicted molar refractivity (Wildman–Crippen MR) is 108 cm³/mol. The fourth-order valence-electron chi connectivity index (χ4n) is 5.88. The first-order valence-electron chi connectivity index (χ1n) is 9.38. The van der Waals surface area contributed by atoms with Gasteiger partial charge in [-0.05, 0) is 78.4 Å². The van der Waals surface area contributed by atoms with Crippen molar-refractivity contribution in [2.45, 2.75) is 49.5 Å². The van der Waals surface area contributed by atoms with Crippen LogP contribution < -0.4 is 5.56 Å². The Hall–Kier alpha value is -1.21. The fraction of sp³-hybridized carbons (Fsp3) is 0.550. The molecule has 0 saturated heterocycles. The molecule has 4 aliphatic carbocycles. The van der Waals surface area contributed by atoms with Gasteiger partial charge in [0.25, 0.3) is 5.56 Å². The first-order valence-corrected chi connectivity index (χ1v) is 11.0. The van der Waals surface area contributed by atoms with Crippen molar-refractivity contribution < 1.29 is 9.53 Å². The van der Waals surface area contributed by atoms with E-state index < -0.39 is 0 Å². The number of aromatic nitrogens is 2. The Morgan fingerprint density at radius 3 is 2.70 bits per heavy atom. The summed E-state index contributed by atoms with van der Waals surface area (Å²) in [6.45, 7) is 0.0486. The van der Waals surface area contributed by atoms with E-state index >= 15 is 0 Å². The first-order chi connectivity index (χ1) is 12.8. The zero-order valence-electron chi connectivity index (χ0n) is 14.8. The number of pyridine rings is 1. The molecule has 5 nitrogen and oxygen atoms in total. The van der Waals surface area contributed by atoms with E-state index in [1.165, 1.54) is 29.7 Å². The summed E-state index contributed by atoms with van der Waals surface area (Å²) in [5.74, 6) is 1.14. The van der Waals surface area contributed by atoms with Gasteiger partial charge >= 0.3 is 5.97 Å². The van der Waals surface area contributed by atoms with E-state index in [9.17, 15) is 9.59 Å². The molecule has 4 bridgehead atoms. The van der Waals surface area contributed by atoms with Crippen LogP contribution in [0.5, 0.6) is 0 Å². The minimum absolute atomic E-state index is 0.0486. The van der Waals surface area contributed by atoms with E-state index in [0.29, 0.717) is 23.2 Å². The van der Waals surface area contributed by atoms with Crippen molar-refractivity contribution in [1.82, 2.24) is 9.38 Å². The van der Waals surface area contributed by atoms with Gasteiger partial charge in [-0.2, -0.15) is 0 Å². The highest BCUT2D eigenvalue weighted by Gasteiger charge is 2.60. The topological polar surface area (TPSA) is 60.7 Å². The Labute approximate surface area is 173 Å². The third kappa shape index (κ3) is 3.07. The molecule has 0 spiro atoms. The molecular weight excluding hydrogens is 476 g/mol. The molecule has 4 saturated carbocycles. The minimum atomic E-state index is -0.357. The average Bonchev–Trinajstić information content (AvgIpc) is 2.58. The van der Waals surface area contributed by atoms with E-state index in [1.807, 2.05) is 6.07 Å². The van der Waals surface area contributed by atoms with Crippen molar-refractivity contribution in [3.8, 4) is 0 Å². The Bertz CT molecular complexity index is 988. The third-order valence-corrected chi connectivity index (χ3v) is 7.85. The van der Waals surface area contributed by atoms with E-state index in [1.54, 1.807) is 12.3 Å². The Morgan fingerprint density at radius 2 is 2.00 bits per heavy atom. The fourth-order valence-corrected chi connectivity index (χ4v) is 7.67. The van der Waals surface area contributed by atoms with E-state index in [-0.39, 0.29) is 27.9 Å². The summed E-state index contributed by atoms with van der Waals surface area (Å²) in [4.78, 5) is 29.8. The van der Waals surface area contributed by atoms with Crippen LogP contribution in [0.25, 0.3) is 5.65 Å². The first kappa shape index (κ1) is 17.9. The highest BCUT2D eigenvalue weighted by Crippen LogP contribution is 2.64. The molecule has 0 N–H and O–H groups in total. The van der Waals surface area contributed by atoms with Crippen molar-refractivity contribution in [2.24, 2.45) is 17.3 Å². The standard InChI is InChI=1S/C20H20Br2N2O3/c21-14-1-2-16-23-15(4-17(25)24(16)9-14)10-27-18(26)19-5-12-3-13(6-19)8-20(22,7-12)11-19/h1-2,4,9,12-13H,3,5-8,10-11H2/t12-,13+,19?,20?. The number of esters is 1. The predicted octanol–water partition coefficient (Wildman–Crippen LogP) is 4.23. The number of alkyl halides is 1. The molecule has 0 aliphatic heterocycles. The van der Waals surface area contributed by atoms with Gasteiger partial charge in [0.1, 0.15) is 12.3 Å². The lowest BCUT2D eigenvalue weighted by Crippen LogP contribution is -2.56. The lowest BCUT2D eigenvalue weighted by atomic mass is 9.49. The lowest BCUT2D eigenvalue weighted by molar-refractivity contribution is -0.171. The number of ether oxygens (including phenoxy) is 1. The molecule has 2 heterocycles. The maximum Gasteiger partial charge on any atom is 0.312 e. The number of halogens is 2. The number of hydrogen-bond acceptors (Lipinski definition) is 4. The van der Waals surface area contributed by atoms with Gasteiger partial charge in [-0.25, -0.2) is 4.98 Å². The second-order valence-corrected chi connectivity index (χ2v) is 11.2.